The first kappa shape index (κ1) is 24.9. The van der Waals surface area contributed by atoms with E-state index in [9.17, 15) is 5.11 Å². The lowest BCUT2D eigenvalue weighted by Gasteiger charge is -2.20. The van der Waals surface area contributed by atoms with Crippen LogP contribution >= 0.6 is 24.0 Å². The van der Waals surface area contributed by atoms with E-state index in [-0.39, 0.29) is 30.6 Å². The number of nitrogens with zero attached hydrogens (tertiary/aromatic N) is 3. The standard InChI is InChI=1S/C19H35N5O.HI/c1-6-20-19(23-14-17(8-10-25)11-15(2)3)22-13-16-7-9-21-18(12-16)24(4)5;/h7,9,12,15,17,25H,6,8,10-11,13-14H2,1-5H3,(H2,20,22,23);1H. The van der Waals surface area contributed by atoms with Gasteiger partial charge in [-0.25, -0.2) is 9.98 Å². The number of nitrogens with one attached hydrogen (secondary N) is 2. The summed E-state index contributed by atoms with van der Waals surface area (Å²) in [5, 5.41) is 16.0. The van der Waals surface area contributed by atoms with Gasteiger partial charge in [-0.3, -0.25) is 0 Å². The summed E-state index contributed by atoms with van der Waals surface area (Å²) in [4.78, 5) is 11.0. The van der Waals surface area contributed by atoms with Gasteiger partial charge in [-0.2, -0.15) is 0 Å². The Bertz CT molecular complexity index is 522. The molecule has 0 aromatic carbocycles. The fourth-order valence-corrected chi connectivity index (χ4v) is 2.71. The second-order valence-corrected chi connectivity index (χ2v) is 7.00. The van der Waals surface area contributed by atoms with Gasteiger partial charge in [0.15, 0.2) is 5.96 Å². The maximum absolute atomic E-state index is 9.26. The van der Waals surface area contributed by atoms with E-state index in [0.29, 0.717) is 18.4 Å². The lowest BCUT2D eigenvalue weighted by molar-refractivity contribution is 0.243. The summed E-state index contributed by atoms with van der Waals surface area (Å²) < 4.78 is 0. The summed E-state index contributed by atoms with van der Waals surface area (Å²) in [5.74, 6) is 2.83. The molecular weight excluding hydrogens is 441 g/mol. The van der Waals surface area contributed by atoms with Crippen molar-refractivity contribution < 1.29 is 5.11 Å². The lowest BCUT2D eigenvalue weighted by atomic mass is 9.94. The molecule has 1 heterocycles. The van der Waals surface area contributed by atoms with Gasteiger partial charge in [-0.1, -0.05) is 13.8 Å². The van der Waals surface area contributed by atoms with Gasteiger partial charge in [0.25, 0.3) is 0 Å². The SMILES string of the molecule is CCNC(=NCc1ccnc(N(C)C)c1)NCC(CCO)CC(C)C.I. The summed E-state index contributed by atoms with van der Waals surface area (Å²) in [6.45, 7) is 8.98. The molecule has 0 saturated carbocycles. The Morgan fingerprint density at radius 2 is 2.04 bits per heavy atom. The molecule has 7 heteroatoms. The van der Waals surface area contributed by atoms with E-state index in [1.807, 2.05) is 31.3 Å². The Morgan fingerprint density at radius 3 is 2.62 bits per heavy atom. The molecule has 3 N–H and O–H groups in total. The lowest BCUT2D eigenvalue weighted by Crippen LogP contribution is -2.40. The Labute approximate surface area is 175 Å². The number of hydrogen-bond acceptors (Lipinski definition) is 4. The zero-order valence-electron chi connectivity index (χ0n) is 16.8. The van der Waals surface area contributed by atoms with E-state index >= 15 is 0 Å². The molecule has 1 aromatic rings. The van der Waals surface area contributed by atoms with Crippen LogP contribution in [0.4, 0.5) is 5.82 Å². The minimum Gasteiger partial charge on any atom is -0.396 e. The summed E-state index contributed by atoms with van der Waals surface area (Å²) in [5.41, 5.74) is 1.13. The average Bonchev–Trinajstić information content (AvgIpc) is 2.57. The second kappa shape index (κ2) is 14.0. The number of pyridine rings is 1. The molecule has 1 unspecified atom stereocenters. The number of aliphatic hydroxyl groups is 1. The number of halogens is 1. The van der Waals surface area contributed by atoms with E-state index in [0.717, 1.165) is 43.3 Å². The van der Waals surface area contributed by atoms with Crippen molar-refractivity contribution >= 4 is 35.8 Å². The molecule has 0 saturated heterocycles. The topological polar surface area (TPSA) is 72.8 Å². The summed E-state index contributed by atoms with van der Waals surface area (Å²) in [6, 6.07) is 4.05. The quantitative estimate of drug-likeness (QED) is 0.275. The van der Waals surface area contributed by atoms with Crippen molar-refractivity contribution in [2.45, 2.75) is 40.2 Å². The maximum Gasteiger partial charge on any atom is 0.191 e. The van der Waals surface area contributed by atoms with Crippen molar-refractivity contribution in [3.8, 4) is 0 Å². The number of guanidine groups is 1. The number of rotatable bonds is 10. The molecule has 0 spiro atoms. The van der Waals surface area contributed by atoms with Crippen LogP contribution in [0.1, 0.15) is 39.2 Å². The van der Waals surface area contributed by atoms with Crippen LogP contribution < -0.4 is 15.5 Å². The normalized spacial score (nSPS) is 12.5. The van der Waals surface area contributed by atoms with E-state index in [4.69, 9.17) is 0 Å². The molecule has 0 fully saturated rings. The van der Waals surface area contributed by atoms with Crippen LogP contribution in [-0.2, 0) is 6.54 Å². The monoisotopic (exact) mass is 477 g/mol. The maximum atomic E-state index is 9.26. The average molecular weight is 477 g/mol. The van der Waals surface area contributed by atoms with Crippen molar-refractivity contribution in [3.63, 3.8) is 0 Å². The number of hydrogen-bond donors (Lipinski definition) is 3. The summed E-state index contributed by atoms with van der Waals surface area (Å²) in [7, 11) is 3.97. The number of anilines is 1. The van der Waals surface area contributed by atoms with E-state index < -0.39 is 0 Å². The second-order valence-electron chi connectivity index (χ2n) is 7.00. The number of aliphatic hydroxyl groups excluding tert-OH is 1. The molecule has 1 aromatic heterocycles. The van der Waals surface area contributed by atoms with Gasteiger partial charge in [-0.15, -0.1) is 24.0 Å². The fourth-order valence-electron chi connectivity index (χ4n) is 2.71. The van der Waals surface area contributed by atoms with Crippen molar-refractivity contribution in [3.05, 3.63) is 23.9 Å². The van der Waals surface area contributed by atoms with Gasteiger partial charge < -0.3 is 20.6 Å². The summed E-state index contributed by atoms with van der Waals surface area (Å²) in [6.07, 6.45) is 3.74. The van der Waals surface area contributed by atoms with Crippen LogP contribution in [0.15, 0.2) is 23.3 Å². The molecule has 0 amide bonds. The first-order valence-electron chi connectivity index (χ1n) is 9.21. The number of aliphatic imine (C=N–C) groups is 1. The Hall–Kier alpha value is -1.09. The van der Waals surface area contributed by atoms with E-state index in [1.54, 1.807) is 0 Å². The van der Waals surface area contributed by atoms with Gasteiger partial charge >= 0.3 is 0 Å². The molecule has 6 nitrogen and oxygen atoms in total. The van der Waals surface area contributed by atoms with Crippen molar-refractivity contribution in [2.24, 2.45) is 16.8 Å². The predicted molar refractivity (Wildman–Crippen MR) is 121 cm³/mol. The highest BCUT2D eigenvalue weighted by Gasteiger charge is 2.11. The molecule has 0 aliphatic rings. The highest BCUT2D eigenvalue weighted by molar-refractivity contribution is 14.0. The molecule has 1 rings (SSSR count). The zero-order chi connectivity index (χ0) is 18.7. The molecule has 0 radical (unpaired) electrons. The third-order valence-corrected chi connectivity index (χ3v) is 3.93. The molecule has 0 bridgehead atoms. The molecule has 0 aliphatic heterocycles. The fraction of sp³-hybridized carbons (Fsp3) is 0.684. The zero-order valence-corrected chi connectivity index (χ0v) is 19.2. The van der Waals surface area contributed by atoms with Gasteiger partial charge in [0.2, 0.25) is 0 Å². The van der Waals surface area contributed by atoms with Crippen molar-refractivity contribution in [1.82, 2.24) is 15.6 Å². The van der Waals surface area contributed by atoms with Crippen molar-refractivity contribution in [1.29, 1.82) is 0 Å². The smallest absolute Gasteiger partial charge is 0.191 e. The highest BCUT2D eigenvalue weighted by Crippen LogP contribution is 2.14. The summed E-state index contributed by atoms with van der Waals surface area (Å²) >= 11 is 0. The van der Waals surface area contributed by atoms with Crippen LogP contribution in [-0.4, -0.2) is 49.8 Å². The van der Waals surface area contributed by atoms with Crippen molar-refractivity contribution in [2.75, 3.05) is 38.7 Å². The first-order valence-corrected chi connectivity index (χ1v) is 9.21. The molecule has 0 aliphatic carbocycles. The third-order valence-electron chi connectivity index (χ3n) is 3.93. The van der Waals surface area contributed by atoms with Crippen LogP contribution in [0.25, 0.3) is 0 Å². The molecule has 26 heavy (non-hydrogen) atoms. The van der Waals surface area contributed by atoms with Gasteiger partial charge in [0.05, 0.1) is 6.54 Å². The molecule has 150 valence electrons. The predicted octanol–water partition coefficient (Wildman–Crippen LogP) is 2.87. The first-order chi connectivity index (χ1) is 12.0. The molecular formula is C19H36IN5O. The Kier molecular flexibility index (Phi) is 13.4. The minimum atomic E-state index is 0. The Balaban J connectivity index is 0.00000625. The van der Waals surface area contributed by atoms with Gasteiger partial charge in [0.1, 0.15) is 5.82 Å². The van der Waals surface area contributed by atoms with Crippen LogP contribution in [0.3, 0.4) is 0 Å². The minimum absolute atomic E-state index is 0. The highest BCUT2D eigenvalue weighted by atomic mass is 127. The molecule has 1 atom stereocenters. The van der Waals surface area contributed by atoms with E-state index in [1.165, 1.54) is 0 Å². The Morgan fingerprint density at radius 1 is 1.31 bits per heavy atom. The van der Waals surface area contributed by atoms with Gasteiger partial charge in [0, 0.05) is 40.0 Å². The van der Waals surface area contributed by atoms with E-state index in [2.05, 4.69) is 47.4 Å². The number of aromatic nitrogens is 1. The van der Waals surface area contributed by atoms with Crippen LogP contribution in [0.2, 0.25) is 0 Å². The van der Waals surface area contributed by atoms with Crippen LogP contribution in [0.5, 0.6) is 0 Å². The van der Waals surface area contributed by atoms with Gasteiger partial charge in [-0.05, 0) is 49.3 Å². The largest absolute Gasteiger partial charge is 0.396 e. The van der Waals surface area contributed by atoms with Crippen LogP contribution in [0, 0.1) is 11.8 Å². The third kappa shape index (κ3) is 10.2.